The summed E-state index contributed by atoms with van der Waals surface area (Å²) in [7, 11) is 0. The van der Waals surface area contributed by atoms with Crippen LogP contribution in [0.3, 0.4) is 0 Å². The second-order valence-corrected chi connectivity index (χ2v) is 3.55. The van der Waals surface area contributed by atoms with Crippen molar-refractivity contribution in [3.63, 3.8) is 0 Å². The smallest absolute Gasteiger partial charge is 0.218 e. The third-order valence-corrected chi connectivity index (χ3v) is 2.17. The van der Waals surface area contributed by atoms with E-state index < -0.39 is 5.82 Å². The van der Waals surface area contributed by atoms with E-state index in [0.29, 0.717) is 13.1 Å². The molecule has 0 heterocycles. The van der Waals surface area contributed by atoms with Crippen LogP contribution in [0.25, 0.3) is 0 Å². The lowest BCUT2D eigenvalue weighted by Crippen LogP contribution is -2.21. The first-order valence-electron chi connectivity index (χ1n) is 4.52. The van der Waals surface area contributed by atoms with Crippen molar-refractivity contribution in [2.45, 2.75) is 13.0 Å². The predicted octanol–water partition coefficient (Wildman–Crippen LogP) is 1.44. The van der Waals surface area contributed by atoms with E-state index in [4.69, 9.17) is 17.3 Å². The Balaban J connectivity index is 2.38. The van der Waals surface area contributed by atoms with Gasteiger partial charge >= 0.3 is 0 Å². The second kappa shape index (κ2) is 5.68. The summed E-state index contributed by atoms with van der Waals surface area (Å²) in [5.74, 6) is -0.796. The Kier molecular flexibility index (Phi) is 4.52. The van der Waals surface area contributed by atoms with Crippen LogP contribution in [-0.4, -0.2) is 12.5 Å². The summed E-state index contributed by atoms with van der Waals surface area (Å²) in [6.45, 7) is 0.973. The highest BCUT2D eigenvalue weighted by Gasteiger charge is 2.00. The van der Waals surface area contributed by atoms with Crippen LogP contribution in [0.2, 0.25) is 5.02 Å². The van der Waals surface area contributed by atoms with Crippen molar-refractivity contribution in [3.05, 3.63) is 34.6 Å². The molecule has 3 nitrogen and oxygen atoms in total. The van der Waals surface area contributed by atoms with Gasteiger partial charge in [-0.2, -0.15) is 0 Å². The van der Waals surface area contributed by atoms with Gasteiger partial charge in [-0.3, -0.25) is 4.79 Å². The van der Waals surface area contributed by atoms with Gasteiger partial charge in [-0.1, -0.05) is 17.7 Å². The molecule has 1 amide bonds. The molecule has 0 atom stereocenters. The van der Waals surface area contributed by atoms with Crippen LogP contribution in [0.5, 0.6) is 0 Å². The number of hydrogen-bond acceptors (Lipinski definition) is 2. The fourth-order valence-electron chi connectivity index (χ4n) is 1.09. The van der Waals surface area contributed by atoms with Crippen LogP contribution in [0, 0.1) is 5.82 Å². The maximum atomic E-state index is 13.0. The number of hydrogen-bond donors (Lipinski definition) is 2. The van der Waals surface area contributed by atoms with E-state index in [9.17, 15) is 9.18 Å². The topological polar surface area (TPSA) is 55.1 Å². The number of carbonyl (C=O) groups excluding carboxylic acids is 1. The van der Waals surface area contributed by atoms with Crippen LogP contribution in [0.15, 0.2) is 18.2 Å². The van der Waals surface area contributed by atoms with Crippen LogP contribution < -0.4 is 11.1 Å². The number of nitrogens with one attached hydrogen (secondary N) is 1. The molecule has 0 bridgehead atoms. The molecule has 1 rings (SSSR count). The van der Waals surface area contributed by atoms with Crippen molar-refractivity contribution in [2.75, 3.05) is 6.54 Å². The number of benzene rings is 1. The zero-order chi connectivity index (χ0) is 11.3. The quantitative estimate of drug-likeness (QED) is 0.753. The van der Waals surface area contributed by atoms with Gasteiger partial charge in [0.1, 0.15) is 5.82 Å². The maximum Gasteiger partial charge on any atom is 0.218 e. The van der Waals surface area contributed by atoms with E-state index in [-0.39, 0.29) is 17.4 Å². The molecule has 15 heavy (non-hydrogen) atoms. The molecule has 0 aliphatic rings. The molecule has 82 valence electrons. The van der Waals surface area contributed by atoms with Crippen LogP contribution in [0.4, 0.5) is 4.39 Å². The van der Waals surface area contributed by atoms with Crippen molar-refractivity contribution in [1.82, 2.24) is 5.32 Å². The highest BCUT2D eigenvalue weighted by atomic mass is 35.5. The average Bonchev–Trinajstić information content (AvgIpc) is 2.18. The summed E-state index contributed by atoms with van der Waals surface area (Å²) in [5.41, 5.74) is 5.74. The molecule has 0 fully saturated rings. The standard InChI is InChI=1S/C10H12ClFN2O/c11-8-2-1-7(5-9(8)12)6-14-4-3-10(13)15/h1-2,5,14H,3-4,6H2,(H2,13,15). The Hall–Kier alpha value is -1.13. The molecular formula is C10H12ClFN2O. The first-order valence-corrected chi connectivity index (χ1v) is 4.90. The minimum atomic E-state index is -0.439. The van der Waals surface area contributed by atoms with E-state index in [0.717, 1.165) is 5.56 Å². The van der Waals surface area contributed by atoms with Crippen molar-refractivity contribution < 1.29 is 9.18 Å². The van der Waals surface area contributed by atoms with Gasteiger partial charge < -0.3 is 11.1 Å². The van der Waals surface area contributed by atoms with Gasteiger partial charge in [0, 0.05) is 19.5 Å². The molecule has 1 aromatic carbocycles. The van der Waals surface area contributed by atoms with Gasteiger partial charge in [0.2, 0.25) is 5.91 Å². The summed E-state index contributed by atoms with van der Waals surface area (Å²) in [6.07, 6.45) is 0.274. The normalized spacial score (nSPS) is 10.3. The highest BCUT2D eigenvalue weighted by molar-refractivity contribution is 6.30. The second-order valence-electron chi connectivity index (χ2n) is 3.14. The number of amides is 1. The number of carbonyl (C=O) groups is 1. The Morgan fingerprint density at radius 1 is 1.53 bits per heavy atom. The molecule has 0 aromatic heterocycles. The van der Waals surface area contributed by atoms with Crippen molar-refractivity contribution in [1.29, 1.82) is 0 Å². The lowest BCUT2D eigenvalue weighted by molar-refractivity contribution is -0.117. The SMILES string of the molecule is NC(=O)CCNCc1ccc(Cl)c(F)c1. The van der Waals surface area contributed by atoms with E-state index in [1.807, 2.05) is 0 Å². The Morgan fingerprint density at radius 2 is 2.27 bits per heavy atom. The molecular weight excluding hydrogens is 219 g/mol. The first kappa shape index (κ1) is 11.9. The van der Waals surface area contributed by atoms with Crippen molar-refractivity contribution in [2.24, 2.45) is 5.73 Å². The zero-order valence-electron chi connectivity index (χ0n) is 8.09. The molecule has 0 saturated carbocycles. The predicted molar refractivity (Wildman–Crippen MR) is 56.9 cm³/mol. The van der Waals surface area contributed by atoms with Gasteiger partial charge in [-0.05, 0) is 17.7 Å². The molecule has 0 aliphatic heterocycles. The van der Waals surface area contributed by atoms with Gasteiger partial charge in [0.15, 0.2) is 0 Å². The number of halogens is 2. The molecule has 3 N–H and O–H groups in total. The summed E-state index contributed by atoms with van der Waals surface area (Å²) in [4.78, 5) is 10.4. The fraction of sp³-hybridized carbons (Fsp3) is 0.300. The Labute approximate surface area is 92.4 Å². The lowest BCUT2D eigenvalue weighted by Gasteiger charge is -2.04. The zero-order valence-corrected chi connectivity index (χ0v) is 8.85. The van der Waals surface area contributed by atoms with Crippen molar-refractivity contribution in [3.8, 4) is 0 Å². The minimum absolute atomic E-state index is 0.107. The van der Waals surface area contributed by atoms with Gasteiger partial charge in [-0.15, -0.1) is 0 Å². The monoisotopic (exact) mass is 230 g/mol. The van der Waals surface area contributed by atoms with Crippen LogP contribution in [0.1, 0.15) is 12.0 Å². The number of nitrogens with two attached hydrogens (primary N) is 1. The Morgan fingerprint density at radius 3 is 2.87 bits per heavy atom. The summed E-state index contributed by atoms with van der Waals surface area (Å²) >= 11 is 5.53. The van der Waals surface area contributed by atoms with Gasteiger partial charge in [-0.25, -0.2) is 4.39 Å². The molecule has 1 aromatic rings. The molecule has 0 aliphatic carbocycles. The maximum absolute atomic E-state index is 13.0. The fourth-order valence-corrected chi connectivity index (χ4v) is 1.21. The number of primary amides is 1. The molecule has 0 unspecified atom stereocenters. The van der Waals surface area contributed by atoms with E-state index in [1.165, 1.54) is 12.1 Å². The molecule has 5 heteroatoms. The molecule has 0 radical (unpaired) electrons. The highest BCUT2D eigenvalue weighted by Crippen LogP contribution is 2.15. The third-order valence-electron chi connectivity index (χ3n) is 1.86. The van der Waals surface area contributed by atoms with Gasteiger partial charge in [0.25, 0.3) is 0 Å². The molecule has 0 saturated heterocycles. The summed E-state index contributed by atoms with van der Waals surface area (Å²) in [6, 6.07) is 4.59. The summed E-state index contributed by atoms with van der Waals surface area (Å²) < 4.78 is 13.0. The van der Waals surface area contributed by atoms with E-state index in [2.05, 4.69) is 5.32 Å². The van der Waals surface area contributed by atoms with E-state index in [1.54, 1.807) is 6.07 Å². The summed E-state index contributed by atoms with van der Waals surface area (Å²) in [5, 5.41) is 3.08. The van der Waals surface area contributed by atoms with Crippen LogP contribution >= 0.6 is 11.6 Å². The van der Waals surface area contributed by atoms with E-state index >= 15 is 0 Å². The first-order chi connectivity index (χ1) is 7.09. The largest absolute Gasteiger partial charge is 0.370 e. The number of rotatable bonds is 5. The Bertz CT molecular complexity index is 357. The third kappa shape index (κ3) is 4.27. The average molecular weight is 231 g/mol. The molecule has 0 spiro atoms. The van der Waals surface area contributed by atoms with Gasteiger partial charge in [0.05, 0.1) is 5.02 Å². The van der Waals surface area contributed by atoms with Crippen molar-refractivity contribution >= 4 is 17.5 Å². The lowest BCUT2D eigenvalue weighted by atomic mass is 10.2. The minimum Gasteiger partial charge on any atom is -0.370 e. The van der Waals surface area contributed by atoms with Crippen LogP contribution in [-0.2, 0) is 11.3 Å².